The van der Waals surface area contributed by atoms with Crippen LogP contribution in [0.2, 0.25) is 0 Å². The molecule has 0 spiro atoms. The van der Waals surface area contributed by atoms with Gasteiger partial charge in [-0.05, 0) is 17.7 Å². The van der Waals surface area contributed by atoms with E-state index in [-0.39, 0.29) is 11.5 Å². The molecule has 0 radical (unpaired) electrons. The molecule has 6 heteroatoms. The number of carbonyl (C=O) groups excluding carboxylic acids is 1. The van der Waals surface area contributed by atoms with Gasteiger partial charge in [0.25, 0.3) is 0 Å². The van der Waals surface area contributed by atoms with Crippen molar-refractivity contribution in [3.63, 3.8) is 0 Å². The fourth-order valence-electron chi connectivity index (χ4n) is 2.31. The van der Waals surface area contributed by atoms with Crippen LogP contribution in [0.4, 0.5) is 5.69 Å². The van der Waals surface area contributed by atoms with E-state index < -0.39 is 5.97 Å². The van der Waals surface area contributed by atoms with Gasteiger partial charge >= 0.3 is 5.97 Å². The van der Waals surface area contributed by atoms with E-state index in [9.17, 15) is 9.59 Å². The molecule has 2 N–H and O–H groups in total. The predicted octanol–water partition coefficient (Wildman–Crippen LogP) is 1.28. The molecule has 1 amide bonds. The van der Waals surface area contributed by atoms with Crippen LogP contribution in [0.1, 0.15) is 15.9 Å². The summed E-state index contributed by atoms with van der Waals surface area (Å²) in [6, 6.07) is 5.40. The van der Waals surface area contributed by atoms with Gasteiger partial charge in [0, 0.05) is 18.3 Å². The summed E-state index contributed by atoms with van der Waals surface area (Å²) in [5.74, 6) is -1.06. The second kappa shape index (κ2) is 3.94. The monoisotopic (exact) mass is 257 g/mol. The zero-order valence-electron chi connectivity index (χ0n) is 10.2. The Morgan fingerprint density at radius 3 is 3.00 bits per heavy atom. The molecule has 1 aromatic heterocycles. The Labute approximate surface area is 108 Å². The Bertz CT molecular complexity index is 703. The van der Waals surface area contributed by atoms with Gasteiger partial charge in [0.05, 0.1) is 18.3 Å². The van der Waals surface area contributed by atoms with E-state index in [1.807, 2.05) is 6.07 Å². The number of nitrogens with one attached hydrogen (secondary N) is 1. The maximum Gasteiger partial charge on any atom is 0.339 e. The lowest BCUT2D eigenvalue weighted by atomic mass is 10.0. The van der Waals surface area contributed by atoms with Crippen LogP contribution in [-0.4, -0.2) is 26.8 Å². The summed E-state index contributed by atoms with van der Waals surface area (Å²) < 4.78 is 1.52. The van der Waals surface area contributed by atoms with E-state index >= 15 is 0 Å². The Kier molecular flexibility index (Phi) is 2.38. The molecule has 0 saturated heterocycles. The maximum atomic E-state index is 11.3. The minimum atomic E-state index is -1.02. The minimum Gasteiger partial charge on any atom is -0.478 e. The second-order valence-corrected chi connectivity index (χ2v) is 4.43. The molecule has 0 aliphatic carbocycles. The SMILES string of the molecule is Cn1ncc(C(=O)O)c1-c1ccc2c(c1)CC(=O)N2. The smallest absolute Gasteiger partial charge is 0.339 e. The van der Waals surface area contributed by atoms with Crippen molar-refractivity contribution in [3.05, 3.63) is 35.5 Å². The number of nitrogens with zero attached hydrogens (tertiary/aromatic N) is 2. The molecule has 1 aromatic carbocycles. The number of aromatic nitrogens is 2. The van der Waals surface area contributed by atoms with Crippen LogP contribution in [0, 0.1) is 0 Å². The van der Waals surface area contributed by atoms with Crippen molar-refractivity contribution in [2.24, 2.45) is 7.05 Å². The molecule has 0 atom stereocenters. The molecule has 6 nitrogen and oxygen atoms in total. The van der Waals surface area contributed by atoms with Crippen LogP contribution in [0.25, 0.3) is 11.3 Å². The van der Waals surface area contributed by atoms with Crippen LogP contribution in [0.5, 0.6) is 0 Å². The molecule has 2 heterocycles. The van der Waals surface area contributed by atoms with Crippen molar-refractivity contribution in [2.75, 3.05) is 5.32 Å². The number of benzene rings is 1. The highest BCUT2D eigenvalue weighted by Gasteiger charge is 2.21. The number of amides is 1. The largest absolute Gasteiger partial charge is 0.478 e. The first-order chi connectivity index (χ1) is 9.06. The van der Waals surface area contributed by atoms with Crippen LogP contribution in [-0.2, 0) is 18.3 Å². The molecule has 2 aromatic rings. The molecular formula is C13H11N3O3. The highest BCUT2D eigenvalue weighted by molar-refractivity contribution is 6.00. The van der Waals surface area contributed by atoms with Gasteiger partial charge in [-0.2, -0.15) is 5.10 Å². The first-order valence-electron chi connectivity index (χ1n) is 5.74. The van der Waals surface area contributed by atoms with Crippen molar-refractivity contribution >= 4 is 17.6 Å². The lowest BCUT2D eigenvalue weighted by molar-refractivity contribution is -0.115. The average Bonchev–Trinajstić information content (AvgIpc) is 2.89. The van der Waals surface area contributed by atoms with E-state index in [4.69, 9.17) is 5.11 Å². The number of carboxylic acid groups (broad SMARTS) is 1. The number of carboxylic acids is 1. The summed E-state index contributed by atoms with van der Waals surface area (Å²) in [6.07, 6.45) is 1.65. The summed E-state index contributed by atoms with van der Waals surface area (Å²) in [4.78, 5) is 22.5. The molecule has 96 valence electrons. The number of hydrogen-bond donors (Lipinski definition) is 2. The van der Waals surface area contributed by atoms with Crippen LogP contribution >= 0.6 is 0 Å². The van der Waals surface area contributed by atoms with Crippen LogP contribution in [0.15, 0.2) is 24.4 Å². The van der Waals surface area contributed by atoms with Gasteiger partial charge in [0.15, 0.2) is 0 Å². The summed E-state index contributed by atoms with van der Waals surface area (Å²) in [6.45, 7) is 0. The Balaban J connectivity index is 2.14. The molecule has 1 aliphatic rings. The molecule has 3 rings (SSSR count). The normalized spacial score (nSPS) is 13.2. The van der Waals surface area contributed by atoms with Gasteiger partial charge in [-0.25, -0.2) is 4.79 Å². The Morgan fingerprint density at radius 1 is 1.47 bits per heavy atom. The quantitative estimate of drug-likeness (QED) is 0.848. The third-order valence-electron chi connectivity index (χ3n) is 3.17. The van der Waals surface area contributed by atoms with E-state index in [1.54, 1.807) is 19.2 Å². The average molecular weight is 257 g/mol. The number of aryl methyl sites for hydroxylation is 1. The summed E-state index contributed by atoms with van der Waals surface area (Å²) in [7, 11) is 1.69. The zero-order valence-corrected chi connectivity index (χ0v) is 10.2. The van der Waals surface area contributed by atoms with Gasteiger partial charge in [0.2, 0.25) is 5.91 Å². The van der Waals surface area contributed by atoms with Crippen molar-refractivity contribution < 1.29 is 14.7 Å². The van der Waals surface area contributed by atoms with Crippen molar-refractivity contribution in [3.8, 4) is 11.3 Å². The standard InChI is InChI=1S/C13H11N3O3/c1-16-12(9(6-14-16)13(18)19)7-2-3-10-8(4-7)5-11(17)15-10/h2-4,6H,5H2,1H3,(H,15,17)(H,18,19). The number of carbonyl (C=O) groups is 2. The van der Waals surface area contributed by atoms with Crippen molar-refractivity contribution in [2.45, 2.75) is 6.42 Å². The topological polar surface area (TPSA) is 84.2 Å². The number of anilines is 1. The summed E-state index contributed by atoms with van der Waals surface area (Å²) in [5.41, 5.74) is 3.09. The van der Waals surface area contributed by atoms with E-state index in [0.29, 0.717) is 12.1 Å². The third-order valence-corrected chi connectivity index (χ3v) is 3.17. The molecule has 0 saturated carbocycles. The number of hydrogen-bond acceptors (Lipinski definition) is 3. The van der Waals surface area contributed by atoms with Gasteiger partial charge in [-0.1, -0.05) is 6.07 Å². The van der Waals surface area contributed by atoms with Gasteiger partial charge in [-0.15, -0.1) is 0 Å². The fraction of sp³-hybridized carbons (Fsp3) is 0.154. The first-order valence-corrected chi connectivity index (χ1v) is 5.74. The highest BCUT2D eigenvalue weighted by Crippen LogP contribution is 2.30. The summed E-state index contributed by atoms with van der Waals surface area (Å²) >= 11 is 0. The third kappa shape index (κ3) is 1.77. The Morgan fingerprint density at radius 2 is 2.26 bits per heavy atom. The van der Waals surface area contributed by atoms with Crippen LogP contribution in [0.3, 0.4) is 0 Å². The number of aromatic carboxylic acids is 1. The summed E-state index contributed by atoms with van der Waals surface area (Å²) in [5, 5.41) is 15.9. The minimum absolute atomic E-state index is 0.0457. The highest BCUT2D eigenvalue weighted by atomic mass is 16.4. The van der Waals surface area contributed by atoms with E-state index in [1.165, 1.54) is 10.9 Å². The van der Waals surface area contributed by atoms with E-state index in [0.717, 1.165) is 16.8 Å². The number of rotatable bonds is 2. The Hall–Kier alpha value is -2.63. The lowest BCUT2D eigenvalue weighted by Gasteiger charge is -2.06. The second-order valence-electron chi connectivity index (χ2n) is 4.43. The van der Waals surface area contributed by atoms with Crippen LogP contribution < -0.4 is 5.32 Å². The fourth-order valence-corrected chi connectivity index (χ4v) is 2.31. The first kappa shape index (κ1) is 11.5. The molecule has 1 aliphatic heterocycles. The molecule has 0 bridgehead atoms. The van der Waals surface area contributed by atoms with E-state index in [2.05, 4.69) is 10.4 Å². The predicted molar refractivity (Wildman–Crippen MR) is 67.9 cm³/mol. The van der Waals surface area contributed by atoms with Gasteiger partial charge in [0.1, 0.15) is 5.56 Å². The van der Waals surface area contributed by atoms with Gasteiger partial charge in [-0.3, -0.25) is 9.48 Å². The molecular weight excluding hydrogens is 246 g/mol. The molecule has 0 unspecified atom stereocenters. The maximum absolute atomic E-state index is 11.3. The van der Waals surface area contributed by atoms with Crippen molar-refractivity contribution in [1.29, 1.82) is 0 Å². The van der Waals surface area contributed by atoms with Crippen molar-refractivity contribution in [1.82, 2.24) is 9.78 Å². The molecule has 19 heavy (non-hydrogen) atoms. The zero-order chi connectivity index (χ0) is 13.6. The molecule has 0 fully saturated rings. The van der Waals surface area contributed by atoms with Gasteiger partial charge < -0.3 is 10.4 Å². The number of fused-ring (bicyclic) bond motifs is 1. The lowest BCUT2D eigenvalue weighted by Crippen LogP contribution is -2.03.